The van der Waals surface area contributed by atoms with Crippen molar-refractivity contribution < 1.29 is 22.7 Å². The molecule has 1 heterocycles. The van der Waals surface area contributed by atoms with Crippen LogP contribution >= 0.6 is 0 Å². The Morgan fingerprint density at radius 3 is 2.58 bits per heavy atom. The number of carbonyl (C=O) groups is 1. The summed E-state index contributed by atoms with van der Waals surface area (Å²) < 4.78 is 43.2. The smallest absolute Gasteiger partial charge is 0.416 e. The lowest BCUT2D eigenvalue weighted by molar-refractivity contribution is -0.137. The summed E-state index contributed by atoms with van der Waals surface area (Å²) in [5, 5.41) is 0. The maximum absolute atomic E-state index is 12.7. The van der Waals surface area contributed by atoms with E-state index in [1.54, 1.807) is 7.11 Å². The van der Waals surface area contributed by atoms with Crippen molar-refractivity contribution >= 4 is 5.91 Å². The summed E-state index contributed by atoms with van der Waals surface area (Å²) in [6, 6.07) is 12.4. The van der Waals surface area contributed by atoms with Gasteiger partial charge in [0, 0.05) is 6.54 Å². The standard InChI is InChI=1S/C20H20F3NO2/c1-26-17-5-2-4-15(13-17)18-6-3-11-24(18)19(25)12-14-7-9-16(10-8-14)20(21,22)23/h2,4-5,7-10,13,18H,3,6,11-12H2,1H3. The summed E-state index contributed by atoms with van der Waals surface area (Å²) in [6.45, 7) is 0.654. The molecule has 0 spiro atoms. The normalized spacial score (nSPS) is 17.4. The Morgan fingerprint density at radius 2 is 1.92 bits per heavy atom. The second kappa shape index (κ2) is 7.40. The van der Waals surface area contributed by atoms with E-state index in [0.29, 0.717) is 12.1 Å². The number of methoxy groups -OCH3 is 1. The first-order valence-corrected chi connectivity index (χ1v) is 8.48. The molecule has 1 amide bonds. The molecule has 3 rings (SSSR count). The van der Waals surface area contributed by atoms with Gasteiger partial charge in [-0.05, 0) is 48.2 Å². The van der Waals surface area contributed by atoms with Crippen molar-refractivity contribution in [1.29, 1.82) is 0 Å². The highest BCUT2D eigenvalue weighted by molar-refractivity contribution is 5.79. The Bertz CT molecular complexity index is 771. The van der Waals surface area contributed by atoms with Crippen LogP contribution in [-0.2, 0) is 17.4 Å². The first-order valence-electron chi connectivity index (χ1n) is 8.48. The van der Waals surface area contributed by atoms with Crippen molar-refractivity contribution in [3.8, 4) is 5.75 Å². The van der Waals surface area contributed by atoms with E-state index in [9.17, 15) is 18.0 Å². The van der Waals surface area contributed by atoms with Gasteiger partial charge in [-0.2, -0.15) is 13.2 Å². The summed E-state index contributed by atoms with van der Waals surface area (Å²) in [5.74, 6) is 0.666. The Balaban J connectivity index is 1.72. The number of halogens is 3. The summed E-state index contributed by atoms with van der Waals surface area (Å²) in [5.41, 5.74) is 0.894. The number of rotatable bonds is 4. The van der Waals surface area contributed by atoms with Gasteiger partial charge in [0.2, 0.25) is 5.91 Å². The van der Waals surface area contributed by atoms with Crippen LogP contribution in [0, 0.1) is 0 Å². The molecule has 0 radical (unpaired) electrons. The number of likely N-dealkylation sites (tertiary alicyclic amines) is 1. The lowest BCUT2D eigenvalue weighted by Gasteiger charge is -2.25. The van der Waals surface area contributed by atoms with Crippen LogP contribution in [0.4, 0.5) is 13.2 Å². The zero-order valence-electron chi connectivity index (χ0n) is 14.4. The van der Waals surface area contributed by atoms with Crippen molar-refractivity contribution in [2.24, 2.45) is 0 Å². The van der Waals surface area contributed by atoms with E-state index in [2.05, 4.69) is 0 Å². The third kappa shape index (κ3) is 4.00. The molecule has 1 fully saturated rings. The van der Waals surface area contributed by atoms with Crippen LogP contribution in [0.3, 0.4) is 0 Å². The molecule has 1 atom stereocenters. The number of amides is 1. The van der Waals surface area contributed by atoms with Gasteiger partial charge in [-0.15, -0.1) is 0 Å². The molecule has 0 N–H and O–H groups in total. The fourth-order valence-electron chi connectivity index (χ4n) is 3.35. The van der Waals surface area contributed by atoms with Crippen molar-refractivity contribution in [3.63, 3.8) is 0 Å². The SMILES string of the molecule is COc1cccc(C2CCCN2C(=O)Cc2ccc(C(F)(F)F)cc2)c1. The molecule has 2 aromatic carbocycles. The number of hydrogen-bond donors (Lipinski definition) is 0. The van der Waals surface area contributed by atoms with Crippen LogP contribution in [0.15, 0.2) is 48.5 Å². The van der Waals surface area contributed by atoms with Gasteiger partial charge in [0.15, 0.2) is 0 Å². The Kier molecular flexibility index (Phi) is 5.20. The predicted molar refractivity (Wildman–Crippen MR) is 91.8 cm³/mol. The number of carbonyl (C=O) groups excluding carboxylic acids is 1. The van der Waals surface area contributed by atoms with E-state index < -0.39 is 11.7 Å². The first-order chi connectivity index (χ1) is 12.4. The minimum atomic E-state index is -4.37. The van der Waals surface area contributed by atoms with Gasteiger partial charge < -0.3 is 9.64 Å². The van der Waals surface area contributed by atoms with E-state index in [1.165, 1.54) is 12.1 Å². The van der Waals surface area contributed by atoms with Gasteiger partial charge in [0.1, 0.15) is 5.75 Å². The van der Waals surface area contributed by atoms with E-state index in [1.807, 2.05) is 29.2 Å². The number of ether oxygens (including phenoxy) is 1. The topological polar surface area (TPSA) is 29.5 Å². The Labute approximate surface area is 150 Å². The van der Waals surface area contributed by atoms with Crippen molar-refractivity contribution in [2.45, 2.75) is 31.5 Å². The van der Waals surface area contributed by atoms with Crippen molar-refractivity contribution in [2.75, 3.05) is 13.7 Å². The minimum Gasteiger partial charge on any atom is -0.497 e. The molecule has 1 saturated heterocycles. The van der Waals surface area contributed by atoms with Crippen molar-refractivity contribution in [1.82, 2.24) is 4.90 Å². The molecule has 0 saturated carbocycles. The van der Waals surface area contributed by atoms with Gasteiger partial charge in [0.05, 0.1) is 25.1 Å². The molecule has 1 aliphatic heterocycles. The van der Waals surface area contributed by atoms with Gasteiger partial charge in [0.25, 0.3) is 0 Å². The van der Waals surface area contributed by atoms with Crippen LogP contribution in [-0.4, -0.2) is 24.5 Å². The third-order valence-electron chi connectivity index (χ3n) is 4.69. The number of alkyl halides is 3. The average Bonchev–Trinajstić information content (AvgIpc) is 3.11. The molecule has 1 unspecified atom stereocenters. The van der Waals surface area contributed by atoms with E-state index in [4.69, 9.17) is 4.74 Å². The highest BCUT2D eigenvalue weighted by Gasteiger charge is 2.31. The summed E-state index contributed by atoms with van der Waals surface area (Å²) >= 11 is 0. The van der Waals surface area contributed by atoms with E-state index >= 15 is 0 Å². The molecule has 1 aliphatic rings. The van der Waals surface area contributed by atoms with Gasteiger partial charge >= 0.3 is 6.18 Å². The quantitative estimate of drug-likeness (QED) is 0.793. The van der Waals surface area contributed by atoms with Gasteiger partial charge in [-0.1, -0.05) is 24.3 Å². The highest BCUT2D eigenvalue weighted by Crippen LogP contribution is 2.34. The zero-order valence-corrected chi connectivity index (χ0v) is 14.4. The number of nitrogens with zero attached hydrogens (tertiary/aromatic N) is 1. The molecular weight excluding hydrogens is 343 g/mol. The summed E-state index contributed by atoms with van der Waals surface area (Å²) in [7, 11) is 1.60. The fraction of sp³-hybridized carbons (Fsp3) is 0.350. The van der Waals surface area contributed by atoms with Crippen molar-refractivity contribution in [3.05, 3.63) is 65.2 Å². The molecule has 26 heavy (non-hydrogen) atoms. The number of hydrogen-bond acceptors (Lipinski definition) is 2. The molecule has 3 nitrogen and oxygen atoms in total. The number of benzene rings is 2. The molecule has 6 heteroatoms. The predicted octanol–water partition coefficient (Wildman–Crippen LogP) is 4.62. The zero-order chi connectivity index (χ0) is 18.7. The third-order valence-corrected chi connectivity index (χ3v) is 4.69. The summed E-state index contributed by atoms with van der Waals surface area (Å²) in [6.07, 6.45) is -2.50. The maximum Gasteiger partial charge on any atom is 0.416 e. The molecular formula is C20H20F3NO2. The minimum absolute atomic E-state index is 0.0213. The van der Waals surface area contributed by atoms with Crippen LogP contribution in [0.1, 0.15) is 35.6 Å². The monoisotopic (exact) mass is 363 g/mol. The van der Waals surface area contributed by atoms with E-state index in [0.717, 1.165) is 36.3 Å². The second-order valence-corrected chi connectivity index (χ2v) is 6.39. The molecule has 0 aromatic heterocycles. The molecule has 0 bridgehead atoms. The lowest BCUT2D eigenvalue weighted by Crippen LogP contribution is -2.31. The lowest BCUT2D eigenvalue weighted by atomic mass is 10.0. The Morgan fingerprint density at radius 1 is 1.19 bits per heavy atom. The molecule has 138 valence electrons. The van der Waals surface area contributed by atoms with Crippen LogP contribution in [0.25, 0.3) is 0 Å². The van der Waals surface area contributed by atoms with E-state index in [-0.39, 0.29) is 18.4 Å². The van der Waals surface area contributed by atoms with Crippen LogP contribution < -0.4 is 4.74 Å². The molecule has 0 aliphatic carbocycles. The largest absolute Gasteiger partial charge is 0.497 e. The van der Waals surface area contributed by atoms with Crippen LogP contribution in [0.2, 0.25) is 0 Å². The second-order valence-electron chi connectivity index (χ2n) is 6.39. The first kappa shape index (κ1) is 18.3. The Hall–Kier alpha value is -2.50. The van der Waals surface area contributed by atoms with Gasteiger partial charge in [-0.25, -0.2) is 0 Å². The average molecular weight is 363 g/mol. The summed E-state index contributed by atoms with van der Waals surface area (Å²) in [4.78, 5) is 14.5. The fourth-order valence-corrected chi connectivity index (χ4v) is 3.35. The maximum atomic E-state index is 12.7. The van der Waals surface area contributed by atoms with Gasteiger partial charge in [-0.3, -0.25) is 4.79 Å². The van der Waals surface area contributed by atoms with Crippen LogP contribution in [0.5, 0.6) is 5.75 Å². The molecule has 2 aromatic rings. The highest BCUT2D eigenvalue weighted by atomic mass is 19.4.